The monoisotopic (exact) mass is 378 g/mol. The first-order valence-electron chi connectivity index (χ1n) is 8.84. The summed E-state index contributed by atoms with van der Waals surface area (Å²) in [7, 11) is 0. The molecule has 8 heteroatoms. The molecule has 1 aliphatic heterocycles. The Morgan fingerprint density at radius 3 is 2.48 bits per heavy atom. The van der Waals surface area contributed by atoms with Gasteiger partial charge in [0.25, 0.3) is 0 Å². The van der Waals surface area contributed by atoms with Crippen LogP contribution >= 0.6 is 0 Å². The maximum Gasteiger partial charge on any atom is 0.421 e. The van der Waals surface area contributed by atoms with Crippen LogP contribution in [-0.4, -0.2) is 41.4 Å². The maximum atomic E-state index is 13.2. The molecule has 2 N–H and O–H groups in total. The number of anilines is 1. The lowest BCUT2D eigenvalue weighted by atomic mass is 9.82. The van der Waals surface area contributed by atoms with Crippen molar-refractivity contribution in [1.82, 2.24) is 5.48 Å². The smallest absolute Gasteiger partial charge is 0.421 e. The van der Waals surface area contributed by atoms with Crippen LogP contribution in [0.15, 0.2) is 24.3 Å². The van der Waals surface area contributed by atoms with Gasteiger partial charge in [0.15, 0.2) is 0 Å². The Morgan fingerprint density at radius 2 is 1.93 bits per heavy atom. The van der Waals surface area contributed by atoms with E-state index in [1.165, 1.54) is 0 Å². The van der Waals surface area contributed by atoms with E-state index in [0.29, 0.717) is 11.3 Å². The van der Waals surface area contributed by atoms with Crippen LogP contribution in [0, 0.1) is 5.92 Å². The predicted octanol–water partition coefficient (Wildman–Crippen LogP) is 2.60. The van der Waals surface area contributed by atoms with E-state index in [-0.39, 0.29) is 6.61 Å². The van der Waals surface area contributed by atoms with Crippen LogP contribution < -0.4 is 10.4 Å². The molecule has 8 nitrogen and oxygen atoms in total. The Kier molecular flexibility index (Phi) is 6.22. The van der Waals surface area contributed by atoms with Crippen molar-refractivity contribution < 1.29 is 29.1 Å². The van der Waals surface area contributed by atoms with Crippen molar-refractivity contribution in [3.63, 3.8) is 0 Å². The fourth-order valence-electron chi connectivity index (χ4n) is 3.14. The molecular weight excluding hydrogens is 352 g/mol. The number of hydrogen-bond donors (Lipinski definition) is 2. The van der Waals surface area contributed by atoms with Crippen molar-refractivity contribution in [1.29, 1.82) is 0 Å². The van der Waals surface area contributed by atoms with Gasteiger partial charge in [-0.05, 0) is 46.2 Å². The third-order valence-electron chi connectivity index (χ3n) is 4.24. The van der Waals surface area contributed by atoms with Gasteiger partial charge in [-0.3, -0.25) is 9.59 Å². The number of hydrogen-bond acceptors (Lipinski definition) is 7. The molecule has 148 valence electrons. The molecule has 1 aromatic rings. The molecule has 0 radical (unpaired) electrons. The number of para-hydroxylation sites is 1. The zero-order valence-electron chi connectivity index (χ0n) is 16.2. The van der Waals surface area contributed by atoms with Gasteiger partial charge in [0, 0.05) is 6.04 Å². The van der Waals surface area contributed by atoms with Gasteiger partial charge < -0.3 is 14.7 Å². The van der Waals surface area contributed by atoms with E-state index in [0.717, 1.165) is 4.90 Å². The summed E-state index contributed by atoms with van der Waals surface area (Å²) in [5.41, 5.74) is 2.11. The molecule has 27 heavy (non-hydrogen) atoms. The highest BCUT2D eigenvalue weighted by Crippen LogP contribution is 2.43. The number of esters is 1. The van der Waals surface area contributed by atoms with Crippen molar-refractivity contribution in [2.75, 3.05) is 11.5 Å². The summed E-state index contributed by atoms with van der Waals surface area (Å²) in [4.78, 5) is 39.3. The zero-order valence-corrected chi connectivity index (χ0v) is 16.2. The highest BCUT2D eigenvalue weighted by Gasteiger charge is 2.50. The van der Waals surface area contributed by atoms with Gasteiger partial charge >= 0.3 is 12.1 Å². The third-order valence-corrected chi connectivity index (χ3v) is 4.24. The van der Waals surface area contributed by atoms with E-state index in [9.17, 15) is 19.6 Å². The van der Waals surface area contributed by atoms with Gasteiger partial charge in [-0.2, -0.15) is 0 Å². The molecule has 0 spiro atoms. The van der Waals surface area contributed by atoms with E-state index in [4.69, 9.17) is 9.47 Å². The Labute approximate surface area is 158 Å². The van der Waals surface area contributed by atoms with Crippen molar-refractivity contribution in [2.24, 2.45) is 5.92 Å². The van der Waals surface area contributed by atoms with Crippen molar-refractivity contribution in [2.45, 2.75) is 52.2 Å². The average Bonchev–Trinajstić information content (AvgIpc) is 2.86. The van der Waals surface area contributed by atoms with Crippen LogP contribution in [-0.2, 0) is 19.1 Å². The number of amides is 2. The van der Waals surface area contributed by atoms with Crippen LogP contribution in [0.4, 0.5) is 10.5 Å². The third kappa shape index (κ3) is 4.28. The molecule has 1 aliphatic rings. The fraction of sp³-hybridized carbons (Fsp3) is 0.526. The van der Waals surface area contributed by atoms with Gasteiger partial charge in [-0.1, -0.05) is 18.2 Å². The summed E-state index contributed by atoms with van der Waals surface area (Å²) in [6.07, 6.45) is -0.810. The number of benzene rings is 1. The summed E-state index contributed by atoms with van der Waals surface area (Å²) >= 11 is 0. The van der Waals surface area contributed by atoms with Crippen LogP contribution in [0.5, 0.6) is 0 Å². The number of imide groups is 1. The van der Waals surface area contributed by atoms with E-state index >= 15 is 0 Å². The summed E-state index contributed by atoms with van der Waals surface area (Å²) in [5.74, 6) is -3.23. The fourth-order valence-corrected chi connectivity index (χ4v) is 3.14. The number of fused-ring (bicyclic) bond motifs is 1. The first-order chi connectivity index (χ1) is 12.6. The predicted molar refractivity (Wildman–Crippen MR) is 97.4 cm³/mol. The molecule has 1 aromatic carbocycles. The van der Waals surface area contributed by atoms with Crippen LogP contribution in [0.25, 0.3) is 0 Å². The standard InChI is InChI=1S/C19H26N2O6/c1-6-26-17(23)14(11(2)20-25)15-12-9-7-8-10-13(12)21(16(15)22)18(24)27-19(3,4)5/h7-11,14-15,20,25H,6H2,1-5H3/t11-,14-,15-/m0/s1. The lowest BCUT2D eigenvalue weighted by Crippen LogP contribution is -2.46. The minimum absolute atomic E-state index is 0.131. The second-order valence-corrected chi connectivity index (χ2v) is 7.39. The molecule has 2 rings (SSSR count). The number of nitrogens with zero attached hydrogens (tertiary/aromatic N) is 1. The topological polar surface area (TPSA) is 105 Å². The molecule has 1 heterocycles. The number of carbonyl (C=O) groups is 3. The second-order valence-electron chi connectivity index (χ2n) is 7.39. The SMILES string of the molecule is CCOC(=O)[C@@H]([C@H](C)NO)[C@H]1C(=O)N(C(=O)OC(C)(C)C)c2ccccc21. The van der Waals surface area contributed by atoms with Crippen molar-refractivity contribution in [3.8, 4) is 0 Å². The molecule has 0 saturated heterocycles. The average molecular weight is 378 g/mol. The zero-order chi connectivity index (χ0) is 20.4. The minimum Gasteiger partial charge on any atom is -0.466 e. The van der Waals surface area contributed by atoms with Gasteiger partial charge in [0.2, 0.25) is 5.91 Å². The molecule has 0 aromatic heterocycles. The number of nitrogens with one attached hydrogen (secondary N) is 1. The first kappa shape index (κ1) is 20.9. The van der Waals surface area contributed by atoms with Crippen LogP contribution in [0.3, 0.4) is 0 Å². The number of hydroxylamine groups is 1. The quantitative estimate of drug-likeness (QED) is 0.599. The maximum absolute atomic E-state index is 13.2. The molecule has 0 fully saturated rings. The Bertz CT molecular complexity index is 727. The molecule has 0 unspecified atom stereocenters. The van der Waals surface area contributed by atoms with E-state index in [1.54, 1.807) is 58.9 Å². The van der Waals surface area contributed by atoms with Gasteiger partial charge in [0.05, 0.1) is 24.1 Å². The second kappa shape index (κ2) is 8.06. The summed E-state index contributed by atoms with van der Waals surface area (Å²) in [6, 6.07) is 5.94. The van der Waals surface area contributed by atoms with Crippen LogP contribution in [0.1, 0.15) is 46.1 Å². The normalized spacial score (nSPS) is 18.7. The minimum atomic E-state index is -1.02. The first-order valence-corrected chi connectivity index (χ1v) is 8.84. The highest BCUT2D eigenvalue weighted by atomic mass is 16.6. The molecular formula is C19H26N2O6. The van der Waals surface area contributed by atoms with Crippen molar-refractivity contribution >= 4 is 23.7 Å². The lowest BCUT2D eigenvalue weighted by molar-refractivity contribution is -0.152. The van der Waals surface area contributed by atoms with Gasteiger partial charge in [0.1, 0.15) is 5.60 Å². The molecule has 0 aliphatic carbocycles. The highest BCUT2D eigenvalue weighted by molar-refractivity contribution is 6.20. The summed E-state index contributed by atoms with van der Waals surface area (Å²) in [6.45, 7) is 8.46. The van der Waals surface area contributed by atoms with E-state index < -0.39 is 41.4 Å². The Hall–Kier alpha value is -2.45. The number of ether oxygens (including phenoxy) is 2. The Balaban J connectivity index is 2.50. The molecule has 0 bridgehead atoms. The van der Waals surface area contributed by atoms with Crippen LogP contribution in [0.2, 0.25) is 0 Å². The van der Waals surface area contributed by atoms with E-state index in [1.807, 2.05) is 5.48 Å². The van der Waals surface area contributed by atoms with Gasteiger partial charge in [-0.15, -0.1) is 0 Å². The number of carbonyl (C=O) groups excluding carboxylic acids is 3. The molecule has 0 saturated carbocycles. The summed E-state index contributed by atoms with van der Waals surface area (Å²) < 4.78 is 10.5. The summed E-state index contributed by atoms with van der Waals surface area (Å²) in [5, 5.41) is 9.37. The van der Waals surface area contributed by atoms with Crippen molar-refractivity contribution in [3.05, 3.63) is 29.8 Å². The lowest BCUT2D eigenvalue weighted by Gasteiger charge is -2.27. The van der Waals surface area contributed by atoms with E-state index in [2.05, 4.69) is 0 Å². The number of rotatable bonds is 5. The Morgan fingerprint density at radius 1 is 1.30 bits per heavy atom. The van der Waals surface area contributed by atoms with Gasteiger partial charge in [-0.25, -0.2) is 15.2 Å². The molecule has 2 amide bonds. The molecule has 3 atom stereocenters. The largest absolute Gasteiger partial charge is 0.466 e.